The number of likely N-dealkylation sites (N-methyl/N-ethyl adjacent to an activating group) is 1. The fraction of sp³-hybridized carbons (Fsp3) is 0.375. The molecule has 1 N–H and O–H groups in total. The molecule has 0 saturated carbocycles. The molecule has 0 aliphatic rings. The van der Waals surface area contributed by atoms with Crippen LogP contribution in [0.5, 0.6) is 0 Å². The van der Waals surface area contributed by atoms with E-state index < -0.39 is 11.7 Å². The predicted molar refractivity (Wildman–Crippen MR) is 80.6 cm³/mol. The summed E-state index contributed by atoms with van der Waals surface area (Å²) in [6, 6.07) is 9.80. The van der Waals surface area contributed by atoms with Gasteiger partial charge in [0.05, 0.1) is 5.56 Å². The Hall–Kier alpha value is -1.33. The summed E-state index contributed by atoms with van der Waals surface area (Å²) in [7, 11) is 0. The molecule has 0 spiro atoms. The first-order chi connectivity index (χ1) is 9.99. The summed E-state index contributed by atoms with van der Waals surface area (Å²) >= 11 is 1.70. The standard InChI is InChI=1S/C16H18F3NS/c1-2-20-14(11-15-4-3-9-21-15)10-12-5-7-13(8-6-12)16(17,18)19/h3-9,14,20H,2,10-11H2,1H3. The Morgan fingerprint density at radius 3 is 2.33 bits per heavy atom. The first-order valence-electron chi connectivity index (χ1n) is 6.91. The quantitative estimate of drug-likeness (QED) is 0.826. The summed E-state index contributed by atoms with van der Waals surface area (Å²) in [5, 5.41) is 5.44. The molecule has 1 aromatic carbocycles. The van der Waals surface area contributed by atoms with E-state index in [0.29, 0.717) is 0 Å². The number of hydrogen-bond donors (Lipinski definition) is 1. The Labute approximate surface area is 126 Å². The van der Waals surface area contributed by atoms with Gasteiger partial charge < -0.3 is 5.32 Å². The Balaban J connectivity index is 2.02. The van der Waals surface area contributed by atoms with Gasteiger partial charge >= 0.3 is 6.18 Å². The molecule has 1 unspecified atom stereocenters. The molecule has 0 fully saturated rings. The summed E-state index contributed by atoms with van der Waals surface area (Å²) in [5.74, 6) is 0. The third-order valence-electron chi connectivity index (χ3n) is 3.28. The van der Waals surface area contributed by atoms with Crippen LogP contribution in [0.1, 0.15) is 22.9 Å². The number of benzene rings is 1. The van der Waals surface area contributed by atoms with Gasteiger partial charge in [-0.05, 0) is 48.5 Å². The zero-order chi connectivity index (χ0) is 15.3. The van der Waals surface area contributed by atoms with Crippen LogP contribution in [0.25, 0.3) is 0 Å². The first-order valence-corrected chi connectivity index (χ1v) is 7.79. The highest BCUT2D eigenvalue weighted by Gasteiger charge is 2.29. The number of hydrogen-bond acceptors (Lipinski definition) is 2. The molecule has 2 aromatic rings. The summed E-state index contributed by atoms with van der Waals surface area (Å²) in [5.41, 5.74) is 0.329. The van der Waals surface area contributed by atoms with Crippen molar-refractivity contribution in [3.05, 3.63) is 57.8 Å². The zero-order valence-corrected chi connectivity index (χ0v) is 12.6. The average Bonchev–Trinajstić information content (AvgIpc) is 2.91. The highest BCUT2D eigenvalue weighted by molar-refractivity contribution is 7.09. The second kappa shape index (κ2) is 7.09. The molecule has 0 aliphatic carbocycles. The van der Waals surface area contributed by atoms with Gasteiger partial charge in [0.2, 0.25) is 0 Å². The molecule has 0 aliphatic heterocycles. The van der Waals surface area contributed by atoms with Gasteiger partial charge in [-0.3, -0.25) is 0 Å². The van der Waals surface area contributed by atoms with Crippen LogP contribution in [-0.2, 0) is 19.0 Å². The topological polar surface area (TPSA) is 12.0 Å². The van der Waals surface area contributed by atoms with E-state index in [1.807, 2.05) is 18.4 Å². The largest absolute Gasteiger partial charge is 0.416 e. The van der Waals surface area contributed by atoms with Gasteiger partial charge in [-0.25, -0.2) is 0 Å². The second-order valence-electron chi connectivity index (χ2n) is 4.94. The molecule has 0 amide bonds. The molecule has 0 radical (unpaired) electrons. The lowest BCUT2D eigenvalue weighted by Crippen LogP contribution is -2.32. The molecule has 0 bridgehead atoms. The van der Waals surface area contributed by atoms with Crippen molar-refractivity contribution in [2.45, 2.75) is 32.0 Å². The van der Waals surface area contributed by atoms with Crippen LogP contribution < -0.4 is 5.32 Å². The Bertz CT molecular complexity index is 532. The number of rotatable bonds is 6. The molecule has 5 heteroatoms. The number of halogens is 3. The minimum absolute atomic E-state index is 0.241. The molecule has 1 atom stereocenters. The highest BCUT2D eigenvalue weighted by atomic mass is 32.1. The molecule has 1 aromatic heterocycles. The molecule has 21 heavy (non-hydrogen) atoms. The molecule has 0 saturated heterocycles. The lowest BCUT2D eigenvalue weighted by Gasteiger charge is -2.17. The third kappa shape index (κ3) is 4.86. The molecular weight excluding hydrogens is 295 g/mol. The van der Waals surface area contributed by atoms with Gasteiger partial charge in [-0.2, -0.15) is 13.2 Å². The second-order valence-corrected chi connectivity index (χ2v) is 5.97. The normalized spacial score (nSPS) is 13.3. The van der Waals surface area contributed by atoms with Gasteiger partial charge in [0.1, 0.15) is 0 Å². The summed E-state index contributed by atoms with van der Waals surface area (Å²) < 4.78 is 37.6. The van der Waals surface area contributed by atoms with Crippen molar-refractivity contribution in [3.8, 4) is 0 Å². The minimum Gasteiger partial charge on any atom is -0.314 e. The van der Waals surface area contributed by atoms with Crippen LogP contribution in [-0.4, -0.2) is 12.6 Å². The highest BCUT2D eigenvalue weighted by Crippen LogP contribution is 2.29. The number of alkyl halides is 3. The zero-order valence-electron chi connectivity index (χ0n) is 11.8. The average molecular weight is 313 g/mol. The summed E-state index contributed by atoms with van der Waals surface area (Å²) in [6.07, 6.45) is -2.65. The van der Waals surface area contributed by atoms with Gasteiger partial charge in [-0.15, -0.1) is 11.3 Å². The Morgan fingerprint density at radius 2 is 1.81 bits per heavy atom. The predicted octanol–water partition coefficient (Wildman–Crippen LogP) is 4.53. The van der Waals surface area contributed by atoms with Crippen molar-refractivity contribution >= 4 is 11.3 Å². The molecule has 114 valence electrons. The Morgan fingerprint density at radius 1 is 1.10 bits per heavy atom. The van der Waals surface area contributed by atoms with E-state index in [4.69, 9.17) is 0 Å². The van der Waals surface area contributed by atoms with E-state index in [1.165, 1.54) is 4.88 Å². The fourth-order valence-corrected chi connectivity index (χ4v) is 3.08. The van der Waals surface area contributed by atoms with Gasteiger partial charge in [0.25, 0.3) is 0 Å². The van der Waals surface area contributed by atoms with Crippen LogP contribution in [0, 0.1) is 0 Å². The van der Waals surface area contributed by atoms with Crippen LogP contribution in [0.15, 0.2) is 41.8 Å². The summed E-state index contributed by atoms with van der Waals surface area (Å²) in [6.45, 7) is 2.88. The van der Waals surface area contributed by atoms with Crippen molar-refractivity contribution in [3.63, 3.8) is 0 Å². The maximum absolute atomic E-state index is 12.5. The van der Waals surface area contributed by atoms with E-state index in [2.05, 4.69) is 11.4 Å². The van der Waals surface area contributed by atoms with Crippen LogP contribution in [0.2, 0.25) is 0 Å². The van der Waals surface area contributed by atoms with Crippen molar-refractivity contribution in [2.75, 3.05) is 6.54 Å². The van der Waals surface area contributed by atoms with Crippen molar-refractivity contribution < 1.29 is 13.2 Å². The van der Waals surface area contributed by atoms with Crippen LogP contribution in [0.3, 0.4) is 0 Å². The van der Waals surface area contributed by atoms with Crippen molar-refractivity contribution in [1.82, 2.24) is 5.32 Å². The Kier molecular flexibility index (Phi) is 5.42. The van der Waals surface area contributed by atoms with Gasteiger partial charge in [-0.1, -0.05) is 25.1 Å². The lowest BCUT2D eigenvalue weighted by molar-refractivity contribution is -0.137. The third-order valence-corrected chi connectivity index (χ3v) is 4.18. The van der Waals surface area contributed by atoms with E-state index in [1.54, 1.807) is 23.5 Å². The fourth-order valence-electron chi connectivity index (χ4n) is 2.29. The van der Waals surface area contributed by atoms with E-state index in [9.17, 15) is 13.2 Å². The van der Waals surface area contributed by atoms with Gasteiger partial charge in [0, 0.05) is 10.9 Å². The SMILES string of the molecule is CCNC(Cc1ccc(C(F)(F)F)cc1)Cc1cccs1. The van der Waals surface area contributed by atoms with E-state index >= 15 is 0 Å². The maximum Gasteiger partial charge on any atom is 0.416 e. The van der Waals surface area contributed by atoms with Crippen molar-refractivity contribution in [2.24, 2.45) is 0 Å². The minimum atomic E-state index is -4.27. The molecule has 1 nitrogen and oxygen atoms in total. The van der Waals surface area contributed by atoms with Crippen LogP contribution in [0.4, 0.5) is 13.2 Å². The first kappa shape index (κ1) is 16.0. The smallest absolute Gasteiger partial charge is 0.314 e. The number of thiophene rings is 1. The summed E-state index contributed by atoms with van der Waals surface area (Å²) in [4.78, 5) is 1.29. The lowest BCUT2D eigenvalue weighted by atomic mass is 10.0. The monoisotopic (exact) mass is 313 g/mol. The number of nitrogens with one attached hydrogen (secondary N) is 1. The molecule has 1 heterocycles. The van der Waals surface area contributed by atoms with Gasteiger partial charge in [0.15, 0.2) is 0 Å². The van der Waals surface area contributed by atoms with E-state index in [-0.39, 0.29) is 6.04 Å². The van der Waals surface area contributed by atoms with E-state index in [0.717, 1.165) is 37.1 Å². The van der Waals surface area contributed by atoms with Crippen LogP contribution >= 0.6 is 11.3 Å². The van der Waals surface area contributed by atoms with Crippen molar-refractivity contribution in [1.29, 1.82) is 0 Å². The molecule has 2 rings (SSSR count). The maximum atomic E-state index is 12.5. The molecular formula is C16H18F3NS.